The van der Waals surface area contributed by atoms with Gasteiger partial charge < -0.3 is 10.2 Å². The molecule has 3 aromatic rings. The van der Waals surface area contributed by atoms with E-state index < -0.39 is 0 Å². The molecule has 4 rings (SSSR count). The monoisotopic (exact) mass is 403 g/mol. The third kappa shape index (κ3) is 4.66. The molecule has 146 valence electrons. The Morgan fingerprint density at radius 2 is 1.86 bits per heavy atom. The summed E-state index contributed by atoms with van der Waals surface area (Å²) in [6.45, 7) is 0.684. The third-order valence-electron chi connectivity index (χ3n) is 4.83. The topological polar surface area (TPSA) is 62.3 Å². The van der Waals surface area contributed by atoms with Crippen LogP contribution in [-0.2, 0) is 11.2 Å². The number of hydrogen-bond acceptors (Lipinski definition) is 4. The van der Waals surface area contributed by atoms with E-state index in [-0.39, 0.29) is 17.2 Å². The summed E-state index contributed by atoms with van der Waals surface area (Å²) in [6.07, 6.45) is 4.10. The molecule has 6 heteroatoms. The lowest BCUT2D eigenvalue weighted by Crippen LogP contribution is -2.30. The van der Waals surface area contributed by atoms with E-state index in [1.807, 2.05) is 35.2 Å². The second kappa shape index (κ2) is 8.92. The van der Waals surface area contributed by atoms with Gasteiger partial charge in [0.2, 0.25) is 5.91 Å². The molecule has 1 aliphatic heterocycles. The molecule has 0 saturated carbocycles. The highest BCUT2D eigenvalue weighted by atomic mass is 32.2. The van der Waals surface area contributed by atoms with Crippen molar-refractivity contribution in [1.29, 1.82) is 0 Å². The van der Waals surface area contributed by atoms with Crippen LogP contribution in [0.25, 0.3) is 0 Å². The molecule has 1 fully saturated rings. The number of rotatable bonds is 6. The second-order valence-electron chi connectivity index (χ2n) is 6.80. The number of hydrogen-bond donors (Lipinski definition) is 1. The fourth-order valence-electron chi connectivity index (χ4n) is 3.31. The van der Waals surface area contributed by atoms with Crippen molar-refractivity contribution in [1.82, 2.24) is 9.88 Å². The lowest BCUT2D eigenvalue weighted by atomic mass is 10.1. The SMILES string of the molecule is O=C(Nc1cccnc1)c1ccc([C@@H]2SCC(=O)N2CCc2ccccc2)cc1. The molecule has 2 amide bonds. The average Bonchev–Trinajstić information content (AvgIpc) is 3.14. The first kappa shape index (κ1) is 19.2. The molecule has 0 aliphatic carbocycles. The minimum atomic E-state index is -0.180. The average molecular weight is 404 g/mol. The van der Waals surface area contributed by atoms with E-state index >= 15 is 0 Å². The van der Waals surface area contributed by atoms with Crippen molar-refractivity contribution in [2.45, 2.75) is 11.8 Å². The van der Waals surface area contributed by atoms with Crippen LogP contribution in [0.1, 0.15) is 26.9 Å². The fourth-order valence-corrected chi connectivity index (χ4v) is 4.52. The van der Waals surface area contributed by atoms with E-state index in [0.717, 1.165) is 12.0 Å². The Balaban J connectivity index is 1.43. The Morgan fingerprint density at radius 3 is 2.59 bits per heavy atom. The van der Waals surface area contributed by atoms with Gasteiger partial charge in [0.15, 0.2) is 0 Å². The minimum Gasteiger partial charge on any atom is -0.326 e. The standard InChI is InChI=1S/C23H21N3O2S/c27-21-16-29-23(26(21)14-12-17-5-2-1-3-6-17)19-10-8-18(9-11-19)22(28)25-20-7-4-13-24-15-20/h1-11,13,15,23H,12,14,16H2,(H,25,28)/t23-/m0/s1. The molecule has 5 nitrogen and oxygen atoms in total. The van der Waals surface area contributed by atoms with Crippen molar-refractivity contribution in [3.05, 3.63) is 95.8 Å². The quantitative estimate of drug-likeness (QED) is 0.672. The number of aromatic nitrogens is 1. The largest absolute Gasteiger partial charge is 0.326 e. The summed E-state index contributed by atoms with van der Waals surface area (Å²) in [7, 11) is 0. The number of nitrogens with zero attached hydrogens (tertiary/aromatic N) is 2. The van der Waals surface area contributed by atoms with Gasteiger partial charge >= 0.3 is 0 Å². The van der Waals surface area contributed by atoms with Crippen LogP contribution in [0, 0.1) is 0 Å². The van der Waals surface area contributed by atoms with Crippen LogP contribution < -0.4 is 5.32 Å². The van der Waals surface area contributed by atoms with Gasteiger partial charge in [-0.3, -0.25) is 14.6 Å². The summed E-state index contributed by atoms with van der Waals surface area (Å²) >= 11 is 1.63. The summed E-state index contributed by atoms with van der Waals surface area (Å²) in [5.41, 5.74) is 3.48. The van der Waals surface area contributed by atoms with Crippen LogP contribution >= 0.6 is 11.8 Å². The maximum Gasteiger partial charge on any atom is 0.255 e. The van der Waals surface area contributed by atoms with Crippen molar-refractivity contribution >= 4 is 29.3 Å². The lowest BCUT2D eigenvalue weighted by molar-refractivity contribution is -0.128. The number of pyridine rings is 1. The molecule has 2 heterocycles. The smallest absolute Gasteiger partial charge is 0.255 e. The molecule has 0 bridgehead atoms. The Bertz CT molecular complexity index is 978. The maximum absolute atomic E-state index is 12.4. The molecule has 1 aromatic heterocycles. The molecular weight excluding hydrogens is 382 g/mol. The second-order valence-corrected chi connectivity index (χ2v) is 7.87. The van der Waals surface area contributed by atoms with Crippen molar-refractivity contribution in [3.8, 4) is 0 Å². The molecule has 1 aliphatic rings. The molecule has 1 atom stereocenters. The number of amides is 2. The van der Waals surface area contributed by atoms with Crippen LogP contribution in [0.2, 0.25) is 0 Å². The zero-order chi connectivity index (χ0) is 20.1. The number of carbonyl (C=O) groups excluding carboxylic acids is 2. The van der Waals surface area contributed by atoms with Crippen LogP contribution in [0.15, 0.2) is 79.1 Å². The van der Waals surface area contributed by atoms with Crippen LogP contribution in [0.5, 0.6) is 0 Å². The summed E-state index contributed by atoms with van der Waals surface area (Å²) in [6, 6.07) is 21.2. The molecule has 0 radical (unpaired) electrons. The van der Waals surface area contributed by atoms with Crippen molar-refractivity contribution in [2.24, 2.45) is 0 Å². The Labute approximate surface area is 174 Å². The van der Waals surface area contributed by atoms with Crippen LogP contribution in [0.3, 0.4) is 0 Å². The number of nitrogens with one attached hydrogen (secondary N) is 1. The molecule has 0 spiro atoms. The Hall–Kier alpha value is -3.12. The minimum absolute atomic E-state index is 0.0124. The summed E-state index contributed by atoms with van der Waals surface area (Å²) in [4.78, 5) is 30.7. The van der Waals surface area contributed by atoms with E-state index in [9.17, 15) is 9.59 Å². The van der Waals surface area contributed by atoms with Gasteiger partial charge in [0, 0.05) is 18.3 Å². The lowest BCUT2D eigenvalue weighted by Gasteiger charge is -2.24. The van der Waals surface area contributed by atoms with Gasteiger partial charge in [-0.2, -0.15) is 0 Å². The zero-order valence-electron chi connectivity index (χ0n) is 15.8. The van der Waals surface area contributed by atoms with E-state index in [1.165, 1.54) is 5.56 Å². The van der Waals surface area contributed by atoms with Gasteiger partial charge in [-0.1, -0.05) is 42.5 Å². The van der Waals surface area contributed by atoms with E-state index in [0.29, 0.717) is 23.5 Å². The van der Waals surface area contributed by atoms with E-state index in [1.54, 1.807) is 48.4 Å². The molecule has 1 N–H and O–H groups in total. The molecule has 2 aromatic carbocycles. The first-order valence-corrected chi connectivity index (χ1v) is 10.5. The first-order chi connectivity index (χ1) is 14.2. The van der Waals surface area contributed by atoms with Gasteiger partial charge in [0.1, 0.15) is 5.37 Å². The summed E-state index contributed by atoms with van der Waals surface area (Å²) in [5.74, 6) is 0.470. The number of benzene rings is 2. The third-order valence-corrected chi connectivity index (χ3v) is 6.09. The zero-order valence-corrected chi connectivity index (χ0v) is 16.6. The van der Waals surface area contributed by atoms with Gasteiger partial charge in [0.25, 0.3) is 5.91 Å². The maximum atomic E-state index is 12.4. The molecular formula is C23H21N3O2S. The predicted molar refractivity (Wildman–Crippen MR) is 116 cm³/mol. The highest BCUT2D eigenvalue weighted by Gasteiger charge is 2.32. The van der Waals surface area contributed by atoms with E-state index in [2.05, 4.69) is 22.4 Å². The fraction of sp³-hybridized carbons (Fsp3) is 0.174. The highest BCUT2D eigenvalue weighted by Crippen LogP contribution is 2.38. The number of thioether (sulfide) groups is 1. The number of carbonyl (C=O) groups is 2. The van der Waals surface area contributed by atoms with Crippen molar-refractivity contribution < 1.29 is 9.59 Å². The van der Waals surface area contributed by atoms with Crippen molar-refractivity contribution in [3.63, 3.8) is 0 Å². The van der Waals surface area contributed by atoms with Crippen LogP contribution in [0.4, 0.5) is 5.69 Å². The van der Waals surface area contributed by atoms with Gasteiger partial charge in [-0.15, -0.1) is 11.8 Å². The summed E-state index contributed by atoms with van der Waals surface area (Å²) in [5, 5.41) is 2.82. The predicted octanol–water partition coefficient (Wildman–Crippen LogP) is 4.15. The van der Waals surface area contributed by atoms with E-state index in [4.69, 9.17) is 0 Å². The number of anilines is 1. The molecule has 1 saturated heterocycles. The highest BCUT2D eigenvalue weighted by molar-refractivity contribution is 8.00. The normalized spacial score (nSPS) is 16.1. The molecule has 0 unspecified atom stereocenters. The van der Waals surface area contributed by atoms with Gasteiger partial charge in [-0.25, -0.2) is 0 Å². The Kier molecular flexibility index (Phi) is 5.91. The van der Waals surface area contributed by atoms with Gasteiger partial charge in [-0.05, 0) is 41.8 Å². The van der Waals surface area contributed by atoms with Crippen LogP contribution in [-0.4, -0.2) is 34.0 Å². The summed E-state index contributed by atoms with van der Waals surface area (Å²) < 4.78 is 0. The van der Waals surface area contributed by atoms with Crippen molar-refractivity contribution in [2.75, 3.05) is 17.6 Å². The first-order valence-electron chi connectivity index (χ1n) is 9.47. The molecule has 29 heavy (non-hydrogen) atoms. The Morgan fingerprint density at radius 1 is 1.07 bits per heavy atom. The van der Waals surface area contributed by atoms with Gasteiger partial charge in [0.05, 0.1) is 17.6 Å².